The summed E-state index contributed by atoms with van der Waals surface area (Å²) in [6.07, 6.45) is 5.24. The minimum Gasteiger partial charge on any atom is -0.443 e. The first-order valence-electron chi connectivity index (χ1n) is 5.90. The highest BCUT2D eigenvalue weighted by atomic mass is 16.6. The summed E-state index contributed by atoms with van der Waals surface area (Å²) in [6.45, 7) is 5.40. The van der Waals surface area contributed by atoms with Gasteiger partial charge in [-0.3, -0.25) is 4.79 Å². The van der Waals surface area contributed by atoms with Crippen molar-refractivity contribution in [1.29, 1.82) is 0 Å². The molecule has 0 atom stereocenters. The zero-order valence-corrected chi connectivity index (χ0v) is 10.4. The maximum atomic E-state index is 11.8. The molecule has 1 saturated carbocycles. The van der Waals surface area contributed by atoms with Gasteiger partial charge in [-0.2, -0.15) is 0 Å². The fraction of sp³-hybridized carbons (Fsp3) is 0.833. The molecule has 0 aromatic carbocycles. The normalized spacial score (nSPS) is 17.9. The number of imide groups is 1. The summed E-state index contributed by atoms with van der Waals surface area (Å²) in [5.41, 5.74) is -0.549. The molecule has 0 aliphatic heterocycles. The van der Waals surface area contributed by atoms with Gasteiger partial charge in [-0.1, -0.05) is 19.3 Å². The molecule has 16 heavy (non-hydrogen) atoms. The van der Waals surface area contributed by atoms with Gasteiger partial charge in [0.2, 0.25) is 6.41 Å². The van der Waals surface area contributed by atoms with Gasteiger partial charge in [0.15, 0.2) is 0 Å². The lowest BCUT2D eigenvalue weighted by Gasteiger charge is -2.31. The Kier molecular flexibility index (Phi) is 4.33. The molecule has 1 rings (SSSR count). The summed E-state index contributed by atoms with van der Waals surface area (Å²) >= 11 is 0. The van der Waals surface area contributed by atoms with Crippen LogP contribution in [-0.4, -0.2) is 29.0 Å². The molecule has 1 aliphatic rings. The largest absolute Gasteiger partial charge is 0.443 e. The molecule has 0 aromatic heterocycles. The number of carbonyl (C=O) groups is 2. The maximum Gasteiger partial charge on any atom is 0.417 e. The second-order valence-electron chi connectivity index (χ2n) is 5.28. The molecular weight excluding hydrogens is 206 g/mol. The SMILES string of the molecule is CC(C)(C)OC(=O)N(C=O)C1CCCCC1. The summed E-state index contributed by atoms with van der Waals surface area (Å²) in [5.74, 6) is 0. The molecule has 0 saturated heterocycles. The molecular formula is C12H21NO3. The van der Waals surface area contributed by atoms with Crippen LogP contribution in [0.15, 0.2) is 0 Å². The minimum atomic E-state index is -0.549. The third kappa shape index (κ3) is 3.83. The van der Waals surface area contributed by atoms with Gasteiger partial charge in [0, 0.05) is 6.04 Å². The Morgan fingerprint density at radius 3 is 2.25 bits per heavy atom. The number of rotatable bonds is 2. The average Bonchev–Trinajstić information content (AvgIpc) is 2.17. The van der Waals surface area contributed by atoms with Crippen molar-refractivity contribution in [2.24, 2.45) is 0 Å². The van der Waals surface area contributed by atoms with Crippen molar-refractivity contribution in [2.75, 3.05) is 0 Å². The van der Waals surface area contributed by atoms with Gasteiger partial charge in [-0.05, 0) is 33.6 Å². The summed E-state index contributed by atoms with van der Waals surface area (Å²) in [5, 5.41) is 0. The quantitative estimate of drug-likeness (QED) is 0.681. The van der Waals surface area contributed by atoms with Crippen LogP contribution < -0.4 is 0 Å². The number of amides is 2. The fourth-order valence-corrected chi connectivity index (χ4v) is 1.95. The van der Waals surface area contributed by atoms with Crippen molar-refractivity contribution >= 4 is 12.5 Å². The van der Waals surface area contributed by atoms with Gasteiger partial charge in [0.1, 0.15) is 5.60 Å². The summed E-state index contributed by atoms with van der Waals surface area (Å²) < 4.78 is 5.20. The number of ether oxygens (including phenoxy) is 1. The first kappa shape index (κ1) is 13.0. The highest BCUT2D eigenvalue weighted by molar-refractivity contribution is 5.81. The third-order valence-corrected chi connectivity index (χ3v) is 2.69. The molecule has 0 aromatic rings. The molecule has 4 heteroatoms. The van der Waals surface area contributed by atoms with E-state index in [-0.39, 0.29) is 6.04 Å². The number of hydrogen-bond acceptors (Lipinski definition) is 3. The molecule has 0 bridgehead atoms. The summed E-state index contributed by atoms with van der Waals surface area (Å²) in [4.78, 5) is 23.9. The van der Waals surface area contributed by atoms with Crippen LogP contribution in [0.5, 0.6) is 0 Å². The number of hydrogen-bond donors (Lipinski definition) is 0. The molecule has 1 aliphatic carbocycles. The van der Waals surface area contributed by atoms with Crippen molar-refractivity contribution in [3.8, 4) is 0 Å². The van der Waals surface area contributed by atoms with E-state index in [1.54, 1.807) is 20.8 Å². The first-order valence-corrected chi connectivity index (χ1v) is 5.90. The molecule has 0 N–H and O–H groups in total. The number of nitrogens with zero attached hydrogens (tertiary/aromatic N) is 1. The van der Waals surface area contributed by atoms with Crippen LogP contribution in [0.1, 0.15) is 52.9 Å². The van der Waals surface area contributed by atoms with Crippen molar-refractivity contribution in [3.63, 3.8) is 0 Å². The van der Waals surface area contributed by atoms with Gasteiger partial charge >= 0.3 is 6.09 Å². The van der Waals surface area contributed by atoms with Crippen molar-refractivity contribution in [3.05, 3.63) is 0 Å². The van der Waals surface area contributed by atoms with E-state index in [9.17, 15) is 9.59 Å². The molecule has 0 heterocycles. The van der Waals surface area contributed by atoms with Gasteiger partial charge in [-0.25, -0.2) is 9.69 Å². The van der Waals surface area contributed by atoms with Crippen LogP contribution in [0, 0.1) is 0 Å². The van der Waals surface area contributed by atoms with Crippen LogP contribution in [0.4, 0.5) is 4.79 Å². The molecule has 0 spiro atoms. The first-order chi connectivity index (χ1) is 7.44. The van der Waals surface area contributed by atoms with Crippen molar-refractivity contribution < 1.29 is 14.3 Å². The summed E-state index contributed by atoms with van der Waals surface area (Å²) in [6, 6.07) is 0.0288. The van der Waals surface area contributed by atoms with Crippen LogP contribution in [0.2, 0.25) is 0 Å². The van der Waals surface area contributed by atoms with Crippen molar-refractivity contribution in [1.82, 2.24) is 4.90 Å². The predicted octanol–water partition coefficient (Wildman–Crippen LogP) is 2.71. The van der Waals surface area contributed by atoms with E-state index in [0.717, 1.165) is 25.7 Å². The molecule has 4 nitrogen and oxygen atoms in total. The lowest BCUT2D eigenvalue weighted by atomic mass is 9.95. The van der Waals surface area contributed by atoms with E-state index < -0.39 is 11.7 Å². The van der Waals surface area contributed by atoms with E-state index in [0.29, 0.717) is 6.41 Å². The molecule has 0 unspecified atom stereocenters. The zero-order valence-electron chi connectivity index (χ0n) is 10.4. The van der Waals surface area contributed by atoms with E-state index >= 15 is 0 Å². The smallest absolute Gasteiger partial charge is 0.417 e. The van der Waals surface area contributed by atoms with Crippen LogP contribution in [0.25, 0.3) is 0 Å². The van der Waals surface area contributed by atoms with E-state index in [1.165, 1.54) is 11.3 Å². The third-order valence-electron chi connectivity index (χ3n) is 2.69. The van der Waals surface area contributed by atoms with E-state index in [2.05, 4.69) is 0 Å². The molecule has 0 radical (unpaired) electrons. The van der Waals surface area contributed by atoms with Crippen molar-refractivity contribution in [2.45, 2.75) is 64.5 Å². The van der Waals surface area contributed by atoms with E-state index in [1.807, 2.05) is 0 Å². The minimum absolute atomic E-state index is 0.0288. The zero-order chi connectivity index (χ0) is 12.2. The molecule has 1 fully saturated rings. The predicted molar refractivity (Wildman–Crippen MR) is 61.0 cm³/mol. The Morgan fingerprint density at radius 1 is 1.25 bits per heavy atom. The van der Waals surface area contributed by atoms with Gasteiger partial charge < -0.3 is 4.74 Å². The van der Waals surface area contributed by atoms with Gasteiger partial charge in [0.25, 0.3) is 0 Å². The average molecular weight is 227 g/mol. The highest BCUT2D eigenvalue weighted by Crippen LogP contribution is 2.23. The lowest BCUT2D eigenvalue weighted by molar-refractivity contribution is -0.120. The molecule has 92 valence electrons. The second-order valence-corrected chi connectivity index (χ2v) is 5.28. The Hall–Kier alpha value is -1.06. The Morgan fingerprint density at radius 2 is 1.81 bits per heavy atom. The highest BCUT2D eigenvalue weighted by Gasteiger charge is 2.28. The maximum absolute atomic E-state index is 11.8. The number of carbonyl (C=O) groups excluding carboxylic acids is 2. The van der Waals surface area contributed by atoms with Crippen LogP contribution >= 0.6 is 0 Å². The topological polar surface area (TPSA) is 46.6 Å². The standard InChI is InChI=1S/C12H21NO3/c1-12(2,3)16-11(15)13(9-14)10-7-5-4-6-8-10/h9-10H,4-8H2,1-3H3. The van der Waals surface area contributed by atoms with Gasteiger partial charge in [-0.15, -0.1) is 0 Å². The van der Waals surface area contributed by atoms with Crippen LogP contribution in [0.3, 0.4) is 0 Å². The Balaban J connectivity index is 2.58. The fourth-order valence-electron chi connectivity index (χ4n) is 1.95. The lowest BCUT2D eigenvalue weighted by Crippen LogP contribution is -2.43. The van der Waals surface area contributed by atoms with E-state index in [4.69, 9.17) is 4.74 Å². The molecule has 2 amide bonds. The Bertz CT molecular complexity index is 251. The van der Waals surface area contributed by atoms with Gasteiger partial charge in [0.05, 0.1) is 0 Å². The Labute approximate surface area is 96.9 Å². The summed E-state index contributed by atoms with van der Waals surface area (Å²) in [7, 11) is 0. The second kappa shape index (κ2) is 5.32. The monoisotopic (exact) mass is 227 g/mol. The van der Waals surface area contributed by atoms with Crippen LogP contribution in [-0.2, 0) is 9.53 Å².